The van der Waals surface area contributed by atoms with Crippen molar-refractivity contribution in [3.63, 3.8) is 0 Å². The van der Waals surface area contributed by atoms with E-state index in [0.717, 1.165) is 4.57 Å². The Labute approximate surface area is 105 Å². The van der Waals surface area contributed by atoms with Crippen molar-refractivity contribution in [2.45, 2.75) is 6.54 Å². The van der Waals surface area contributed by atoms with Crippen LogP contribution in [0.25, 0.3) is 0 Å². The molecule has 0 amide bonds. The van der Waals surface area contributed by atoms with Gasteiger partial charge in [-0.1, -0.05) is 12.1 Å². The highest BCUT2D eigenvalue weighted by atomic mass is 19.1. The molecule has 0 fully saturated rings. The average Bonchev–Trinajstić information content (AvgIpc) is 2.38. The number of hydrogen-bond acceptors (Lipinski definition) is 3. The summed E-state index contributed by atoms with van der Waals surface area (Å²) < 4.78 is 27.6. The van der Waals surface area contributed by atoms with Crippen LogP contribution in [0.5, 0.6) is 0 Å². The maximum Gasteiger partial charge on any atom is 0.328 e. The summed E-state index contributed by atoms with van der Waals surface area (Å²) in [7, 11) is 0. The molecule has 0 unspecified atom stereocenters. The van der Waals surface area contributed by atoms with Gasteiger partial charge in [0.1, 0.15) is 11.9 Å². The highest BCUT2D eigenvalue weighted by Gasteiger charge is 2.10. The van der Waals surface area contributed by atoms with Crippen LogP contribution < -0.4 is 11.2 Å². The van der Waals surface area contributed by atoms with Gasteiger partial charge in [0.2, 0.25) is 5.82 Å². The molecule has 19 heavy (non-hydrogen) atoms. The Balaban J connectivity index is 2.49. The zero-order valence-corrected chi connectivity index (χ0v) is 9.48. The summed E-state index contributed by atoms with van der Waals surface area (Å²) in [5.41, 5.74) is -2.11. The van der Waals surface area contributed by atoms with Crippen LogP contribution >= 0.6 is 0 Å². The quantitative estimate of drug-likeness (QED) is 0.867. The van der Waals surface area contributed by atoms with E-state index in [2.05, 4.69) is 0 Å². The molecule has 2 aromatic rings. The Morgan fingerprint density at radius 1 is 1.32 bits per heavy atom. The van der Waals surface area contributed by atoms with Crippen molar-refractivity contribution in [2.24, 2.45) is 0 Å². The molecule has 1 aromatic heterocycles. The summed E-state index contributed by atoms with van der Waals surface area (Å²) in [6, 6.07) is 5.76. The van der Waals surface area contributed by atoms with Crippen LogP contribution in [0.2, 0.25) is 0 Å². The summed E-state index contributed by atoms with van der Waals surface area (Å²) in [5, 5.41) is 8.68. The standard InChI is InChI=1S/C12H7F2N3O2/c13-9-6-17(12(19)16-11(9)18)5-8-3-1-2-7(4-15)10(8)14/h1-3,6H,5H2,(H,16,18,19). The number of H-pyrrole nitrogens is 1. The lowest BCUT2D eigenvalue weighted by Gasteiger charge is -2.06. The van der Waals surface area contributed by atoms with Crippen molar-refractivity contribution >= 4 is 0 Å². The maximum atomic E-state index is 13.8. The number of benzene rings is 1. The Bertz CT molecular complexity index is 787. The van der Waals surface area contributed by atoms with Gasteiger partial charge in [0, 0.05) is 5.56 Å². The fraction of sp³-hybridized carbons (Fsp3) is 0.0833. The SMILES string of the molecule is N#Cc1cccc(Cn2cc(F)c(=O)[nH]c2=O)c1F. The van der Waals surface area contributed by atoms with Gasteiger partial charge in [-0.25, -0.2) is 9.18 Å². The van der Waals surface area contributed by atoms with Crippen molar-refractivity contribution in [2.75, 3.05) is 0 Å². The zero-order chi connectivity index (χ0) is 14.0. The van der Waals surface area contributed by atoms with Gasteiger partial charge in [-0.15, -0.1) is 0 Å². The minimum absolute atomic E-state index is 0.0487. The third kappa shape index (κ3) is 2.42. The second-order valence-corrected chi connectivity index (χ2v) is 3.75. The fourth-order valence-corrected chi connectivity index (χ4v) is 1.57. The van der Waals surface area contributed by atoms with Gasteiger partial charge in [0.05, 0.1) is 18.3 Å². The Hall–Kier alpha value is -2.75. The van der Waals surface area contributed by atoms with E-state index >= 15 is 0 Å². The van der Waals surface area contributed by atoms with Gasteiger partial charge in [0.25, 0.3) is 5.56 Å². The van der Waals surface area contributed by atoms with Gasteiger partial charge in [-0.2, -0.15) is 9.65 Å². The van der Waals surface area contributed by atoms with Crippen LogP contribution in [0, 0.1) is 23.0 Å². The fourth-order valence-electron chi connectivity index (χ4n) is 1.57. The Morgan fingerprint density at radius 3 is 2.74 bits per heavy atom. The molecule has 1 N–H and O–H groups in total. The first-order chi connectivity index (χ1) is 9.02. The molecular weight excluding hydrogens is 256 g/mol. The normalized spacial score (nSPS) is 10.2. The van der Waals surface area contributed by atoms with E-state index in [-0.39, 0.29) is 17.7 Å². The lowest BCUT2D eigenvalue weighted by molar-refractivity contribution is 0.552. The van der Waals surface area contributed by atoms with Crippen LogP contribution in [0.15, 0.2) is 34.0 Å². The lowest BCUT2D eigenvalue weighted by atomic mass is 10.1. The van der Waals surface area contributed by atoms with Gasteiger partial charge >= 0.3 is 5.69 Å². The highest BCUT2D eigenvalue weighted by Crippen LogP contribution is 2.12. The summed E-state index contributed by atoms with van der Waals surface area (Å²) >= 11 is 0. The van der Waals surface area contributed by atoms with E-state index in [1.54, 1.807) is 11.1 Å². The maximum absolute atomic E-state index is 13.8. The molecule has 0 aliphatic heterocycles. The number of rotatable bonds is 2. The molecule has 96 valence electrons. The number of halogens is 2. The number of nitriles is 1. The molecule has 0 aliphatic rings. The highest BCUT2D eigenvalue weighted by molar-refractivity contribution is 5.35. The van der Waals surface area contributed by atoms with E-state index in [0.29, 0.717) is 6.20 Å². The summed E-state index contributed by atoms with van der Waals surface area (Å²) in [6.07, 6.45) is 0.694. The van der Waals surface area contributed by atoms with Crippen molar-refractivity contribution in [3.05, 3.63) is 68.0 Å². The number of aromatic amines is 1. The van der Waals surface area contributed by atoms with Crippen molar-refractivity contribution in [1.82, 2.24) is 9.55 Å². The molecule has 0 saturated heterocycles. The summed E-state index contributed by atoms with van der Waals surface area (Å²) in [5.74, 6) is -1.92. The lowest BCUT2D eigenvalue weighted by Crippen LogP contribution is -2.31. The number of aromatic nitrogens is 2. The van der Waals surface area contributed by atoms with Crippen LogP contribution in [0.3, 0.4) is 0 Å². The van der Waals surface area contributed by atoms with Gasteiger partial charge in [0.15, 0.2) is 0 Å². The minimum atomic E-state index is -1.14. The number of nitrogens with one attached hydrogen (secondary N) is 1. The van der Waals surface area contributed by atoms with Crippen molar-refractivity contribution in [3.8, 4) is 6.07 Å². The predicted octanol–water partition coefficient (Wildman–Crippen LogP) is 0.735. The molecular formula is C12H7F2N3O2. The smallest absolute Gasteiger partial charge is 0.293 e. The molecule has 5 nitrogen and oxygen atoms in total. The first kappa shape index (κ1) is 12.7. The van der Waals surface area contributed by atoms with E-state index < -0.39 is 22.9 Å². The second-order valence-electron chi connectivity index (χ2n) is 3.75. The van der Waals surface area contributed by atoms with Gasteiger partial charge < -0.3 is 0 Å². The number of nitrogens with zero attached hydrogens (tertiary/aromatic N) is 2. The van der Waals surface area contributed by atoms with Crippen LogP contribution in [0.4, 0.5) is 8.78 Å². The van der Waals surface area contributed by atoms with Gasteiger partial charge in [-0.05, 0) is 6.07 Å². The van der Waals surface area contributed by atoms with Gasteiger partial charge in [-0.3, -0.25) is 14.3 Å². The molecule has 0 radical (unpaired) electrons. The van der Waals surface area contributed by atoms with Crippen LogP contribution in [-0.4, -0.2) is 9.55 Å². The van der Waals surface area contributed by atoms with Crippen molar-refractivity contribution in [1.29, 1.82) is 5.26 Å². The minimum Gasteiger partial charge on any atom is -0.293 e. The summed E-state index contributed by atoms with van der Waals surface area (Å²) in [6.45, 7) is -0.284. The number of hydrogen-bond donors (Lipinski definition) is 1. The largest absolute Gasteiger partial charge is 0.328 e. The van der Waals surface area contributed by atoms with E-state index in [4.69, 9.17) is 5.26 Å². The van der Waals surface area contributed by atoms with E-state index in [1.165, 1.54) is 18.2 Å². The monoisotopic (exact) mass is 263 g/mol. The van der Waals surface area contributed by atoms with E-state index in [1.807, 2.05) is 0 Å². The first-order valence-electron chi connectivity index (χ1n) is 5.19. The average molecular weight is 263 g/mol. The van der Waals surface area contributed by atoms with Crippen LogP contribution in [0.1, 0.15) is 11.1 Å². The molecule has 0 atom stereocenters. The molecule has 1 heterocycles. The molecule has 0 bridgehead atoms. The molecule has 0 saturated carbocycles. The molecule has 0 aliphatic carbocycles. The summed E-state index contributed by atoms with van der Waals surface area (Å²) in [4.78, 5) is 24.0. The third-order valence-electron chi connectivity index (χ3n) is 2.51. The second kappa shape index (κ2) is 4.86. The Morgan fingerprint density at radius 2 is 2.05 bits per heavy atom. The Kier molecular flexibility index (Phi) is 3.25. The molecule has 7 heteroatoms. The van der Waals surface area contributed by atoms with Crippen molar-refractivity contribution < 1.29 is 8.78 Å². The van der Waals surface area contributed by atoms with Crippen LogP contribution in [-0.2, 0) is 6.54 Å². The topological polar surface area (TPSA) is 78.7 Å². The molecule has 1 aromatic carbocycles. The molecule has 2 rings (SSSR count). The van der Waals surface area contributed by atoms with E-state index in [9.17, 15) is 18.4 Å². The molecule has 0 spiro atoms. The first-order valence-corrected chi connectivity index (χ1v) is 5.19. The predicted molar refractivity (Wildman–Crippen MR) is 61.5 cm³/mol. The zero-order valence-electron chi connectivity index (χ0n) is 9.48. The third-order valence-corrected chi connectivity index (χ3v) is 2.51.